The van der Waals surface area contributed by atoms with E-state index in [0.717, 1.165) is 12.8 Å². The molecule has 1 aliphatic carbocycles. The Labute approximate surface area is 73.7 Å². The Bertz CT molecular complexity index is 141. The Balaban J connectivity index is 2.20. The van der Waals surface area contributed by atoms with Gasteiger partial charge < -0.3 is 5.73 Å². The molecule has 1 amide bonds. The highest BCUT2D eigenvalue weighted by molar-refractivity contribution is 5.78. The minimum atomic E-state index is 0.0835. The topological polar surface area (TPSA) is 57.2 Å². The van der Waals surface area contributed by atoms with Crippen LogP contribution in [0.5, 0.6) is 0 Å². The Morgan fingerprint density at radius 2 is 2.00 bits per heavy atom. The zero-order valence-electron chi connectivity index (χ0n) is 7.46. The van der Waals surface area contributed by atoms with Crippen LogP contribution >= 0.6 is 0 Å². The average Bonchev–Trinajstić information content (AvgIpc) is 2.15. The van der Waals surface area contributed by atoms with Crippen LogP contribution in [0.1, 0.15) is 32.1 Å². The van der Waals surface area contributed by atoms with Crippen molar-refractivity contribution in [2.24, 2.45) is 11.7 Å². The molecule has 0 saturated heterocycles. The fraction of sp³-hybridized carbons (Fsp3) is 0.889. The van der Waals surface area contributed by atoms with Crippen LogP contribution < -0.4 is 11.1 Å². The molecule has 2 N–H and O–H groups in total. The third-order valence-corrected chi connectivity index (χ3v) is 2.35. The first kappa shape index (κ1) is 9.52. The summed E-state index contributed by atoms with van der Waals surface area (Å²) in [6.07, 6.45) is 5.73. The third kappa shape index (κ3) is 2.81. The highest BCUT2D eigenvalue weighted by atomic mass is 16.1. The van der Waals surface area contributed by atoms with Gasteiger partial charge in [-0.1, -0.05) is 19.3 Å². The molecule has 0 atom stereocenters. The molecular formula is C9H17N2O. The molecule has 1 aliphatic rings. The van der Waals surface area contributed by atoms with E-state index in [1.165, 1.54) is 19.3 Å². The van der Waals surface area contributed by atoms with E-state index >= 15 is 0 Å². The predicted molar refractivity (Wildman–Crippen MR) is 47.6 cm³/mol. The smallest absolute Gasteiger partial charge is 0.244 e. The second-order valence-corrected chi connectivity index (χ2v) is 3.34. The predicted octanol–water partition coefficient (Wildman–Crippen LogP) is 0.656. The van der Waals surface area contributed by atoms with E-state index in [9.17, 15) is 4.79 Å². The molecule has 12 heavy (non-hydrogen) atoms. The van der Waals surface area contributed by atoms with Gasteiger partial charge in [-0.2, -0.15) is 0 Å². The lowest BCUT2D eigenvalue weighted by Crippen LogP contribution is -2.29. The summed E-state index contributed by atoms with van der Waals surface area (Å²) in [6.45, 7) is 0.980. The van der Waals surface area contributed by atoms with Crippen molar-refractivity contribution in [3.8, 4) is 0 Å². The van der Waals surface area contributed by atoms with Gasteiger partial charge >= 0.3 is 0 Å². The molecule has 0 unspecified atom stereocenters. The van der Waals surface area contributed by atoms with Crippen molar-refractivity contribution in [3.63, 3.8) is 0 Å². The van der Waals surface area contributed by atoms with Crippen LogP contribution in [0.3, 0.4) is 0 Å². The summed E-state index contributed by atoms with van der Waals surface area (Å²) in [5.41, 5.74) is 5.26. The van der Waals surface area contributed by atoms with Gasteiger partial charge in [-0.25, -0.2) is 5.32 Å². The first-order chi connectivity index (χ1) is 5.84. The molecular weight excluding hydrogens is 152 g/mol. The normalized spacial score (nSPS) is 19.1. The molecule has 1 rings (SSSR count). The number of nitrogens with two attached hydrogens (primary N) is 1. The molecule has 3 nitrogen and oxygen atoms in total. The number of carbonyl (C=O) groups excluding carboxylic acids is 1. The van der Waals surface area contributed by atoms with E-state index in [0.29, 0.717) is 13.1 Å². The summed E-state index contributed by atoms with van der Waals surface area (Å²) in [7, 11) is 0. The minimum absolute atomic E-state index is 0.0835. The van der Waals surface area contributed by atoms with Crippen molar-refractivity contribution in [1.29, 1.82) is 0 Å². The summed E-state index contributed by atoms with van der Waals surface area (Å²) < 4.78 is 0. The number of carbonyl (C=O) groups is 1. The van der Waals surface area contributed by atoms with Crippen molar-refractivity contribution in [1.82, 2.24) is 5.32 Å². The molecule has 0 aromatic rings. The van der Waals surface area contributed by atoms with Crippen molar-refractivity contribution in [2.75, 3.05) is 13.1 Å². The summed E-state index contributed by atoms with van der Waals surface area (Å²) in [6, 6.07) is 0. The molecule has 1 radical (unpaired) electrons. The van der Waals surface area contributed by atoms with Gasteiger partial charge in [0.25, 0.3) is 0 Å². The lowest BCUT2D eigenvalue weighted by Gasteiger charge is -2.19. The monoisotopic (exact) mass is 169 g/mol. The molecule has 69 valence electrons. The number of hydrogen-bond acceptors (Lipinski definition) is 2. The van der Waals surface area contributed by atoms with Crippen molar-refractivity contribution in [3.05, 3.63) is 0 Å². The molecule has 3 heteroatoms. The number of amides is 1. The van der Waals surface area contributed by atoms with Crippen LogP contribution in [0.4, 0.5) is 0 Å². The third-order valence-electron chi connectivity index (χ3n) is 2.35. The maximum Gasteiger partial charge on any atom is 0.244 e. The molecule has 0 aliphatic heterocycles. The van der Waals surface area contributed by atoms with Gasteiger partial charge in [0, 0.05) is 12.5 Å². The van der Waals surface area contributed by atoms with Crippen molar-refractivity contribution >= 4 is 5.91 Å². The molecule has 1 saturated carbocycles. The zero-order chi connectivity index (χ0) is 8.81. The second kappa shape index (κ2) is 5.14. The largest absolute Gasteiger partial charge is 0.329 e. The van der Waals surface area contributed by atoms with E-state index in [1.807, 2.05) is 0 Å². The van der Waals surface area contributed by atoms with Gasteiger partial charge in [0.05, 0.1) is 6.54 Å². The van der Waals surface area contributed by atoms with Gasteiger partial charge in [-0.15, -0.1) is 0 Å². The molecule has 0 spiro atoms. The van der Waals surface area contributed by atoms with Crippen molar-refractivity contribution < 1.29 is 4.79 Å². The quantitative estimate of drug-likeness (QED) is 0.674. The summed E-state index contributed by atoms with van der Waals surface area (Å²) in [4.78, 5) is 11.3. The van der Waals surface area contributed by atoms with E-state index in [4.69, 9.17) is 5.73 Å². The lowest BCUT2D eigenvalue weighted by molar-refractivity contribution is -0.126. The fourth-order valence-corrected chi connectivity index (χ4v) is 1.65. The standard InChI is InChI=1S/C9H17N2O/c10-6-7-11-9(12)8-4-2-1-3-5-8/h8H,1-7,10H2. The van der Waals surface area contributed by atoms with Crippen LogP contribution in [0.25, 0.3) is 0 Å². The van der Waals surface area contributed by atoms with Gasteiger partial charge in [0.15, 0.2) is 0 Å². The van der Waals surface area contributed by atoms with Gasteiger partial charge in [-0.05, 0) is 12.8 Å². The average molecular weight is 169 g/mol. The summed E-state index contributed by atoms with van der Waals surface area (Å²) >= 11 is 0. The van der Waals surface area contributed by atoms with Gasteiger partial charge in [-0.3, -0.25) is 4.79 Å². The van der Waals surface area contributed by atoms with E-state index in [2.05, 4.69) is 5.32 Å². The number of rotatable bonds is 3. The zero-order valence-corrected chi connectivity index (χ0v) is 7.46. The molecule has 0 heterocycles. The molecule has 0 bridgehead atoms. The van der Waals surface area contributed by atoms with Gasteiger partial charge in [0.1, 0.15) is 0 Å². The first-order valence-corrected chi connectivity index (χ1v) is 4.76. The molecule has 0 aromatic heterocycles. The summed E-state index contributed by atoms with van der Waals surface area (Å²) in [5, 5.41) is 3.90. The van der Waals surface area contributed by atoms with Crippen LogP contribution in [0.2, 0.25) is 0 Å². The van der Waals surface area contributed by atoms with E-state index in [1.54, 1.807) is 0 Å². The van der Waals surface area contributed by atoms with Crippen LogP contribution in [0, 0.1) is 5.92 Å². The Morgan fingerprint density at radius 1 is 1.33 bits per heavy atom. The Morgan fingerprint density at radius 3 is 2.58 bits per heavy atom. The number of hydrogen-bond donors (Lipinski definition) is 1. The van der Waals surface area contributed by atoms with E-state index < -0.39 is 0 Å². The van der Waals surface area contributed by atoms with Crippen LogP contribution in [-0.4, -0.2) is 19.0 Å². The van der Waals surface area contributed by atoms with Crippen LogP contribution in [-0.2, 0) is 4.79 Å². The molecule has 1 fully saturated rings. The SMILES string of the molecule is NCC[N]C(=O)C1CCCCC1. The second-order valence-electron chi connectivity index (χ2n) is 3.34. The van der Waals surface area contributed by atoms with Crippen molar-refractivity contribution in [2.45, 2.75) is 32.1 Å². The van der Waals surface area contributed by atoms with Crippen LogP contribution in [0.15, 0.2) is 0 Å². The lowest BCUT2D eigenvalue weighted by atomic mass is 9.89. The molecule has 0 aromatic carbocycles. The number of nitrogens with zero attached hydrogens (tertiary/aromatic N) is 1. The Kier molecular flexibility index (Phi) is 4.08. The highest BCUT2D eigenvalue weighted by Gasteiger charge is 2.20. The maximum atomic E-state index is 11.3. The maximum absolute atomic E-state index is 11.3. The Hall–Kier alpha value is -0.570. The first-order valence-electron chi connectivity index (χ1n) is 4.76. The highest BCUT2D eigenvalue weighted by Crippen LogP contribution is 2.23. The van der Waals surface area contributed by atoms with Gasteiger partial charge in [0.2, 0.25) is 5.91 Å². The fourth-order valence-electron chi connectivity index (χ4n) is 1.65. The van der Waals surface area contributed by atoms with E-state index in [-0.39, 0.29) is 11.8 Å². The minimum Gasteiger partial charge on any atom is -0.329 e. The summed E-state index contributed by atoms with van der Waals surface area (Å²) in [5.74, 6) is 0.297.